The lowest BCUT2D eigenvalue weighted by molar-refractivity contribution is -0.274. The van der Waals surface area contributed by atoms with Crippen LogP contribution in [0.15, 0.2) is 41.8 Å². The second-order valence-electron chi connectivity index (χ2n) is 7.70. The summed E-state index contributed by atoms with van der Waals surface area (Å²) < 4.78 is 41.1. The molecule has 3 aromatic rings. The molecule has 0 saturated heterocycles. The van der Waals surface area contributed by atoms with E-state index in [-0.39, 0.29) is 30.1 Å². The topological polar surface area (TPSA) is 72.3 Å². The van der Waals surface area contributed by atoms with Crippen LogP contribution in [0.3, 0.4) is 0 Å². The molecular formula is C22H21F3N2O3S. The molecule has 164 valence electrons. The molecule has 1 aromatic carbocycles. The lowest BCUT2D eigenvalue weighted by Gasteiger charge is -2.16. The van der Waals surface area contributed by atoms with Gasteiger partial charge in [0.25, 0.3) is 0 Å². The van der Waals surface area contributed by atoms with Crippen molar-refractivity contribution in [2.24, 2.45) is 0 Å². The highest BCUT2D eigenvalue weighted by molar-refractivity contribution is 7.13. The number of hydrogen-bond acceptors (Lipinski definition) is 6. The van der Waals surface area contributed by atoms with Crippen molar-refractivity contribution >= 4 is 17.1 Å². The summed E-state index contributed by atoms with van der Waals surface area (Å²) in [5.41, 5.74) is 1.07. The quantitative estimate of drug-likeness (QED) is 0.460. The summed E-state index contributed by atoms with van der Waals surface area (Å²) in [6, 6.07) is 8.69. The van der Waals surface area contributed by atoms with Crippen molar-refractivity contribution in [1.82, 2.24) is 9.97 Å². The van der Waals surface area contributed by atoms with Crippen molar-refractivity contribution in [3.8, 4) is 27.7 Å². The van der Waals surface area contributed by atoms with E-state index < -0.39 is 12.0 Å². The normalized spacial score (nSPS) is 12.1. The number of halogens is 3. The Morgan fingerprint density at radius 1 is 1.13 bits per heavy atom. The predicted octanol–water partition coefficient (Wildman–Crippen LogP) is 5.81. The predicted molar refractivity (Wildman–Crippen MR) is 112 cm³/mol. The van der Waals surface area contributed by atoms with E-state index in [0.717, 1.165) is 10.4 Å². The third-order valence-corrected chi connectivity index (χ3v) is 5.44. The average Bonchev–Trinajstić information content (AvgIpc) is 3.10. The van der Waals surface area contributed by atoms with Gasteiger partial charge >= 0.3 is 6.36 Å². The molecule has 2 aromatic heterocycles. The standard InChI is InChI=1S/C22H21F3N2O3S/c1-13-9-11-31-19(13)20-26-16(12-17(27-20)18(28)8-10-21(2,3)29)14-4-6-15(7-5-14)30-22(23,24)25/h4-7,9,11-12,29H,8,10H2,1-3H3. The smallest absolute Gasteiger partial charge is 0.406 e. The van der Waals surface area contributed by atoms with E-state index in [0.29, 0.717) is 17.1 Å². The zero-order chi connectivity index (χ0) is 22.8. The van der Waals surface area contributed by atoms with Crippen LogP contribution < -0.4 is 4.74 Å². The number of thiophene rings is 1. The Hall–Kier alpha value is -2.78. The van der Waals surface area contributed by atoms with Crippen LogP contribution in [0.25, 0.3) is 22.0 Å². The molecule has 0 aliphatic heterocycles. The van der Waals surface area contributed by atoms with E-state index in [9.17, 15) is 23.1 Å². The lowest BCUT2D eigenvalue weighted by atomic mass is 9.99. The highest BCUT2D eigenvalue weighted by atomic mass is 32.1. The Bertz CT molecular complexity index is 1070. The number of carbonyl (C=O) groups excluding carboxylic acids is 1. The number of aromatic nitrogens is 2. The monoisotopic (exact) mass is 450 g/mol. The van der Waals surface area contributed by atoms with Gasteiger partial charge in [0.15, 0.2) is 11.6 Å². The largest absolute Gasteiger partial charge is 0.573 e. The first-order valence-electron chi connectivity index (χ1n) is 9.47. The van der Waals surface area contributed by atoms with Crippen LogP contribution in [0.4, 0.5) is 13.2 Å². The van der Waals surface area contributed by atoms with Gasteiger partial charge in [-0.05, 0) is 74.5 Å². The Morgan fingerprint density at radius 2 is 1.81 bits per heavy atom. The number of aliphatic hydroxyl groups is 1. The van der Waals surface area contributed by atoms with Gasteiger partial charge in [-0.15, -0.1) is 24.5 Å². The summed E-state index contributed by atoms with van der Waals surface area (Å²) in [4.78, 5) is 22.5. The number of Topliss-reactive ketones (excluding diaryl/α,β-unsaturated/α-hetero) is 1. The van der Waals surface area contributed by atoms with E-state index in [1.807, 2.05) is 18.4 Å². The van der Waals surface area contributed by atoms with Gasteiger partial charge in [-0.1, -0.05) is 0 Å². The fraction of sp³-hybridized carbons (Fsp3) is 0.318. The number of carbonyl (C=O) groups is 1. The van der Waals surface area contributed by atoms with Crippen molar-refractivity contribution < 1.29 is 27.8 Å². The number of ether oxygens (including phenoxy) is 1. The van der Waals surface area contributed by atoms with Gasteiger partial charge < -0.3 is 9.84 Å². The molecule has 0 aliphatic carbocycles. The highest BCUT2D eigenvalue weighted by Gasteiger charge is 2.31. The molecule has 0 spiro atoms. The molecule has 3 rings (SSSR count). The summed E-state index contributed by atoms with van der Waals surface area (Å²) in [7, 11) is 0. The summed E-state index contributed by atoms with van der Waals surface area (Å²) >= 11 is 1.43. The van der Waals surface area contributed by atoms with Crippen LogP contribution in [-0.2, 0) is 0 Å². The number of ketones is 1. The van der Waals surface area contributed by atoms with Gasteiger partial charge in [0.1, 0.15) is 11.4 Å². The lowest BCUT2D eigenvalue weighted by Crippen LogP contribution is -2.20. The van der Waals surface area contributed by atoms with E-state index >= 15 is 0 Å². The molecule has 5 nitrogen and oxygen atoms in total. The van der Waals surface area contributed by atoms with Crippen LogP contribution in [0.1, 0.15) is 42.7 Å². The Balaban J connectivity index is 1.99. The minimum Gasteiger partial charge on any atom is -0.406 e. The molecule has 0 bridgehead atoms. The zero-order valence-corrected chi connectivity index (χ0v) is 18.0. The van der Waals surface area contributed by atoms with Gasteiger partial charge in [0.2, 0.25) is 0 Å². The fourth-order valence-corrected chi connectivity index (χ4v) is 3.68. The summed E-state index contributed by atoms with van der Waals surface area (Å²) in [6.07, 6.45) is -4.41. The Morgan fingerprint density at radius 3 is 2.35 bits per heavy atom. The highest BCUT2D eigenvalue weighted by Crippen LogP contribution is 2.31. The van der Waals surface area contributed by atoms with E-state index in [2.05, 4.69) is 14.7 Å². The van der Waals surface area contributed by atoms with Gasteiger partial charge in [0, 0.05) is 12.0 Å². The van der Waals surface area contributed by atoms with Crippen LogP contribution in [0.2, 0.25) is 0 Å². The van der Waals surface area contributed by atoms with Crippen LogP contribution in [-0.4, -0.2) is 32.8 Å². The third-order valence-electron chi connectivity index (χ3n) is 4.42. The van der Waals surface area contributed by atoms with Crippen LogP contribution in [0.5, 0.6) is 5.75 Å². The summed E-state index contributed by atoms with van der Waals surface area (Å²) in [6.45, 7) is 5.15. The van der Waals surface area contributed by atoms with Gasteiger partial charge in [-0.2, -0.15) is 0 Å². The molecule has 0 radical (unpaired) electrons. The number of benzene rings is 1. The van der Waals surface area contributed by atoms with E-state index in [1.54, 1.807) is 13.8 Å². The maximum absolute atomic E-state index is 12.7. The summed E-state index contributed by atoms with van der Waals surface area (Å²) in [5.74, 6) is -0.230. The Kier molecular flexibility index (Phi) is 6.47. The molecule has 0 aliphatic rings. The number of nitrogens with zero attached hydrogens (tertiary/aromatic N) is 2. The second kappa shape index (κ2) is 8.76. The fourth-order valence-electron chi connectivity index (χ4n) is 2.82. The first-order valence-corrected chi connectivity index (χ1v) is 10.3. The molecule has 2 heterocycles. The molecule has 1 N–H and O–H groups in total. The van der Waals surface area contributed by atoms with Crippen molar-refractivity contribution in [2.45, 2.75) is 45.6 Å². The van der Waals surface area contributed by atoms with Crippen molar-refractivity contribution in [3.05, 3.63) is 53.0 Å². The van der Waals surface area contributed by atoms with Gasteiger partial charge in [-0.3, -0.25) is 4.79 Å². The first-order chi connectivity index (χ1) is 14.4. The molecule has 0 atom stereocenters. The molecule has 0 amide bonds. The number of hydrogen-bond donors (Lipinski definition) is 1. The molecule has 0 unspecified atom stereocenters. The second-order valence-corrected chi connectivity index (χ2v) is 8.62. The molecule has 31 heavy (non-hydrogen) atoms. The first kappa shape index (κ1) is 22.9. The number of rotatable bonds is 7. The van der Waals surface area contributed by atoms with Crippen LogP contribution in [0, 0.1) is 6.92 Å². The number of aryl methyl sites for hydroxylation is 1. The van der Waals surface area contributed by atoms with E-state index in [4.69, 9.17) is 0 Å². The zero-order valence-electron chi connectivity index (χ0n) is 17.2. The number of alkyl halides is 3. The maximum Gasteiger partial charge on any atom is 0.573 e. The molecule has 9 heteroatoms. The van der Waals surface area contributed by atoms with Crippen molar-refractivity contribution in [2.75, 3.05) is 0 Å². The molecule has 0 saturated carbocycles. The maximum atomic E-state index is 12.7. The molecule has 0 fully saturated rings. The minimum absolute atomic E-state index is 0.0984. The average molecular weight is 450 g/mol. The third kappa shape index (κ3) is 6.35. The Labute approximate surface area is 181 Å². The minimum atomic E-state index is -4.78. The van der Waals surface area contributed by atoms with Gasteiger partial charge in [0.05, 0.1) is 16.2 Å². The summed E-state index contributed by atoms with van der Waals surface area (Å²) in [5, 5.41) is 11.8. The SMILES string of the molecule is Cc1ccsc1-c1nc(C(=O)CCC(C)(C)O)cc(-c2ccc(OC(F)(F)F)cc2)n1. The van der Waals surface area contributed by atoms with Crippen molar-refractivity contribution in [1.29, 1.82) is 0 Å². The van der Waals surface area contributed by atoms with E-state index in [1.165, 1.54) is 41.7 Å². The van der Waals surface area contributed by atoms with Crippen molar-refractivity contribution in [3.63, 3.8) is 0 Å². The molecular weight excluding hydrogens is 429 g/mol. The van der Waals surface area contributed by atoms with Crippen LogP contribution >= 0.6 is 11.3 Å². The van der Waals surface area contributed by atoms with Gasteiger partial charge in [-0.25, -0.2) is 9.97 Å².